The summed E-state index contributed by atoms with van der Waals surface area (Å²) in [4.78, 5) is 12.3. The summed E-state index contributed by atoms with van der Waals surface area (Å²) >= 11 is 0. The van der Waals surface area contributed by atoms with Crippen molar-refractivity contribution >= 4 is 5.97 Å². The first-order valence-corrected chi connectivity index (χ1v) is 9.25. The van der Waals surface area contributed by atoms with E-state index in [1.807, 2.05) is 12.1 Å². The van der Waals surface area contributed by atoms with Crippen molar-refractivity contribution in [3.05, 3.63) is 77.1 Å². The molecule has 138 valence electrons. The van der Waals surface area contributed by atoms with Crippen LogP contribution in [-0.2, 0) is 0 Å². The lowest BCUT2D eigenvalue weighted by molar-refractivity contribution is 0.0734. The fourth-order valence-electron chi connectivity index (χ4n) is 3.62. The van der Waals surface area contributed by atoms with Gasteiger partial charge in [-0.1, -0.05) is 24.3 Å². The number of esters is 1. The average Bonchev–Trinajstić information content (AvgIpc) is 2.69. The summed E-state index contributed by atoms with van der Waals surface area (Å²) in [6.07, 6.45) is 9.13. The van der Waals surface area contributed by atoms with Crippen molar-refractivity contribution in [3.8, 4) is 11.8 Å². The van der Waals surface area contributed by atoms with Crippen molar-refractivity contribution < 1.29 is 13.9 Å². The number of rotatable bonds is 4. The topological polar surface area (TPSA) is 50.1 Å². The van der Waals surface area contributed by atoms with Crippen LogP contribution < -0.4 is 4.74 Å². The zero-order chi connectivity index (χ0) is 19.2. The highest BCUT2D eigenvalue weighted by Gasteiger charge is 2.21. The van der Waals surface area contributed by atoms with Crippen LogP contribution in [0.15, 0.2) is 54.6 Å². The van der Waals surface area contributed by atoms with Gasteiger partial charge in [-0.15, -0.1) is 0 Å². The maximum atomic E-state index is 13.6. The van der Waals surface area contributed by atoms with E-state index in [0.29, 0.717) is 17.4 Å². The number of allylic oxidation sites excluding steroid dienone is 2. The standard InChI is InChI=1S/C23H22FNO2/c1-2-3-16-4-6-17(7-5-16)18-8-10-19(11-9-18)23(26)27-21-13-12-20(15-25)22(24)14-21/h2-3,8-14,16-17H,4-7H2,1H3. The van der Waals surface area contributed by atoms with Gasteiger partial charge in [0, 0.05) is 6.07 Å². The third-order valence-corrected chi connectivity index (χ3v) is 5.13. The van der Waals surface area contributed by atoms with Crippen molar-refractivity contribution in [1.82, 2.24) is 0 Å². The second-order valence-electron chi connectivity index (χ2n) is 6.90. The molecule has 0 unspecified atom stereocenters. The highest BCUT2D eigenvalue weighted by molar-refractivity contribution is 5.91. The summed E-state index contributed by atoms with van der Waals surface area (Å²) in [6.45, 7) is 2.07. The van der Waals surface area contributed by atoms with Gasteiger partial charge >= 0.3 is 5.97 Å². The van der Waals surface area contributed by atoms with Crippen LogP contribution in [0.25, 0.3) is 0 Å². The molecule has 0 radical (unpaired) electrons. The molecule has 0 bridgehead atoms. The van der Waals surface area contributed by atoms with Gasteiger partial charge in [0.25, 0.3) is 0 Å². The average molecular weight is 363 g/mol. The second-order valence-corrected chi connectivity index (χ2v) is 6.90. The smallest absolute Gasteiger partial charge is 0.343 e. The summed E-state index contributed by atoms with van der Waals surface area (Å²) in [6, 6.07) is 13.0. The number of hydrogen-bond donors (Lipinski definition) is 0. The summed E-state index contributed by atoms with van der Waals surface area (Å²) in [5.74, 6) is 0.0644. The van der Waals surface area contributed by atoms with Gasteiger partial charge in [0.1, 0.15) is 17.6 Å². The van der Waals surface area contributed by atoms with Crippen molar-refractivity contribution in [2.75, 3.05) is 0 Å². The monoisotopic (exact) mass is 363 g/mol. The summed E-state index contributed by atoms with van der Waals surface area (Å²) in [7, 11) is 0. The van der Waals surface area contributed by atoms with Gasteiger partial charge < -0.3 is 4.74 Å². The molecule has 3 rings (SSSR count). The molecule has 1 saturated carbocycles. The molecule has 0 spiro atoms. The molecule has 0 heterocycles. The van der Waals surface area contributed by atoms with Crippen LogP contribution in [0.3, 0.4) is 0 Å². The molecule has 2 aromatic rings. The quantitative estimate of drug-likeness (QED) is 0.394. The molecule has 2 aromatic carbocycles. The molecule has 0 saturated heterocycles. The van der Waals surface area contributed by atoms with Crippen molar-refractivity contribution in [3.63, 3.8) is 0 Å². The van der Waals surface area contributed by atoms with E-state index < -0.39 is 11.8 Å². The number of benzene rings is 2. The van der Waals surface area contributed by atoms with E-state index in [4.69, 9.17) is 10.00 Å². The lowest BCUT2D eigenvalue weighted by Crippen LogP contribution is -2.12. The van der Waals surface area contributed by atoms with Gasteiger partial charge in [-0.05, 0) is 74.3 Å². The Hall–Kier alpha value is -2.93. The summed E-state index contributed by atoms with van der Waals surface area (Å²) in [5.41, 5.74) is 1.59. The normalized spacial score (nSPS) is 19.6. The largest absolute Gasteiger partial charge is 0.423 e. The minimum absolute atomic E-state index is 0.0803. The molecule has 3 nitrogen and oxygen atoms in total. The van der Waals surface area contributed by atoms with E-state index in [1.165, 1.54) is 30.5 Å². The number of nitrogens with zero attached hydrogens (tertiary/aromatic N) is 1. The van der Waals surface area contributed by atoms with Gasteiger partial charge in [0.2, 0.25) is 0 Å². The summed E-state index contributed by atoms with van der Waals surface area (Å²) < 4.78 is 18.8. The molecule has 4 heteroatoms. The Labute approximate surface area is 159 Å². The molecule has 0 N–H and O–H groups in total. The van der Waals surface area contributed by atoms with E-state index in [9.17, 15) is 9.18 Å². The van der Waals surface area contributed by atoms with E-state index in [1.54, 1.807) is 18.2 Å². The Morgan fingerprint density at radius 2 is 1.85 bits per heavy atom. The number of halogens is 1. The minimum Gasteiger partial charge on any atom is -0.423 e. The number of hydrogen-bond acceptors (Lipinski definition) is 3. The first kappa shape index (κ1) is 18.8. The molecule has 1 aliphatic rings. The van der Waals surface area contributed by atoms with Crippen molar-refractivity contribution in [2.45, 2.75) is 38.5 Å². The van der Waals surface area contributed by atoms with Crippen molar-refractivity contribution in [1.29, 1.82) is 5.26 Å². The highest BCUT2D eigenvalue weighted by Crippen LogP contribution is 2.36. The molecule has 0 aliphatic heterocycles. The van der Waals surface area contributed by atoms with Gasteiger partial charge in [0.05, 0.1) is 11.1 Å². The van der Waals surface area contributed by atoms with Crippen LogP contribution in [0.4, 0.5) is 4.39 Å². The maximum absolute atomic E-state index is 13.6. The Balaban J connectivity index is 1.62. The highest BCUT2D eigenvalue weighted by atomic mass is 19.1. The van der Waals surface area contributed by atoms with Crippen LogP contribution in [0.2, 0.25) is 0 Å². The molecule has 0 aromatic heterocycles. The van der Waals surface area contributed by atoms with Crippen LogP contribution in [0, 0.1) is 23.1 Å². The van der Waals surface area contributed by atoms with E-state index in [-0.39, 0.29) is 11.3 Å². The Kier molecular flexibility index (Phi) is 6.03. The first-order valence-electron chi connectivity index (χ1n) is 9.25. The number of ether oxygens (including phenoxy) is 1. The van der Waals surface area contributed by atoms with E-state index in [2.05, 4.69) is 19.1 Å². The third kappa shape index (κ3) is 4.62. The predicted octanol–water partition coefficient (Wildman–Crippen LogP) is 5.77. The lowest BCUT2D eigenvalue weighted by Gasteiger charge is -2.27. The maximum Gasteiger partial charge on any atom is 0.343 e. The molecule has 27 heavy (non-hydrogen) atoms. The van der Waals surface area contributed by atoms with E-state index >= 15 is 0 Å². The molecular formula is C23H22FNO2. The Bertz CT molecular complexity index is 872. The second kappa shape index (κ2) is 8.64. The summed E-state index contributed by atoms with van der Waals surface area (Å²) in [5, 5.41) is 8.74. The van der Waals surface area contributed by atoms with Gasteiger partial charge in [-0.3, -0.25) is 0 Å². The van der Waals surface area contributed by atoms with Gasteiger partial charge in [-0.2, -0.15) is 5.26 Å². The van der Waals surface area contributed by atoms with Gasteiger partial charge in [0.15, 0.2) is 0 Å². The molecular weight excluding hydrogens is 341 g/mol. The number of carbonyl (C=O) groups excluding carboxylic acids is 1. The Morgan fingerprint density at radius 1 is 1.15 bits per heavy atom. The molecule has 1 aliphatic carbocycles. The van der Waals surface area contributed by atoms with Crippen LogP contribution in [-0.4, -0.2) is 5.97 Å². The van der Waals surface area contributed by atoms with Crippen LogP contribution in [0.5, 0.6) is 5.75 Å². The lowest BCUT2D eigenvalue weighted by atomic mass is 9.78. The van der Waals surface area contributed by atoms with Crippen molar-refractivity contribution in [2.24, 2.45) is 5.92 Å². The number of nitriles is 1. The third-order valence-electron chi connectivity index (χ3n) is 5.13. The fourth-order valence-corrected chi connectivity index (χ4v) is 3.62. The molecule has 0 atom stereocenters. The minimum atomic E-state index is -0.702. The predicted molar refractivity (Wildman–Crippen MR) is 102 cm³/mol. The SMILES string of the molecule is CC=CC1CCC(c2ccc(C(=O)Oc3ccc(C#N)c(F)c3)cc2)CC1. The zero-order valence-corrected chi connectivity index (χ0v) is 15.3. The zero-order valence-electron chi connectivity index (χ0n) is 15.3. The van der Waals surface area contributed by atoms with E-state index in [0.717, 1.165) is 18.9 Å². The Morgan fingerprint density at radius 3 is 2.44 bits per heavy atom. The van der Waals surface area contributed by atoms with Crippen LogP contribution >= 0.6 is 0 Å². The molecule has 0 amide bonds. The van der Waals surface area contributed by atoms with Gasteiger partial charge in [-0.25, -0.2) is 9.18 Å². The van der Waals surface area contributed by atoms with Crippen LogP contribution in [0.1, 0.15) is 60.0 Å². The fraction of sp³-hybridized carbons (Fsp3) is 0.304. The first-order chi connectivity index (χ1) is 13.1. The molecule has 1 fully saturated rings. The number of carbonyl (C=O) groups is 1.